The van der Waals surface area contributed by atoms with Gasteiger partial charge in [0.05, 0.1) is 5.39 Å². The summed E-state index contributed by atoms with van der Waals surface area (Å²) in [5, 5.41) is 8.69. The number of anilines is 2. The monoisotopic (exact) mass is 322 g/mol. The van der Waals surface area contributed by atoms with Crippen molar-refractivity contribution in [2.75, 3.05) is 29.5 Å². The van der Waals surface area contributed by atoms with E-state index < -0.39 is 0 Å². The van der Waals surface area contributed by atoms with Gasteiger partial charge in [-0.3, -0.25) is 0 Å². The van der Waals surface area contributed by atoms with E-state index in [2.05, 4.69) is 52.3 Å². The van der Waals surface area contributed by atoms with Gasteiger partial charge < -0.3 is 10.6 Å². The van der Waals surface area contributed by atoms with E-state index in [1.165, 1.54) is 28.9 Å². The fraction of sp³-hybridized carbons (Fsp3) is 0.600. The molecule has 1 aliphatic heterocycles. The molecule has 3 heterocycles. The van der Waals surface area contributed by atoms with E-state index in [9.17, 15) is 0 Å². The van der Waals surface area contributed by atoms with Crippen molar-refractivity contribution in [1.29, 1.82) is 0 Å². The number of nitrogens with zero attached hydrogens (tertiary/aromatic N) is 2. The van der Waals surface area contributed by atoms with E-state index in [1.54, 1.807) is 11.3 Å². The van der Waals surface area contributed by atoms with Crippen LogP contribution in [0.25, 0.3) is 10.2 Å². The molecule has 0 bridgehead atoms. The van der Waals surface area contributed by atoms with Crippen molar-refractivity contribution in [2.45, 2.75) is 38.4 Å². The standard InChI is InChI=1S/C15H22N4S2/c1-3-10-8-12-13(17-9-11-6-5-7-20-11)18-15(16-4-2)19-14(12)21-10/h8,11H,3-7,9H2,1-2H3,(H2,16,17,18,19). The number of fused-ring (bicyclic) bond motifs is 1. The Hall–Kier alpha value is -1.01. The molecule has 1 atom stereocenters. The molecule has 2 aromatic rings. The predicted octanol–water partition coefficient (Wildman–Crippen LogP) is 3.99. The van der Waals surface area contributed by atoms with Crippen LogP contribution in [-0.2, 0) is 6.42 Å². The lowest BCUT2D eigenvalue weighted by atomic mass is 10.2. The summed E-state index contributed by atoms with van der Waals surface area (Å²) in [6.45, 7) is 6.10. The Labute approximate surface area is 134 Å². The number of rotatable bonds is 6. The molecular weight excluding hydrogens is 300 g/mol. The van der Waals surface area contributed by atoms with E-state index in [4.69, 9.17) is 0 Å². The van der Waals surface area contributed by atoms with Crippen molar-refractivity contribution < 1.29 is 0 Å². The van der Waals surface area contributed by atoms with Crippen LogP contribution in [0, 0.1) is 0 Å². The maximum atomic E-state index is 4.66. The number of thiophene rings is 1. The summed E-state index contributed by atoms with van der Waals surface area (Å²) in [7, 11) is 0. The second-order valence-electron chi connectivity index (χ2n) is 5.23. The molecule has 1 fully saturated rings. The number of aryl methyl sites for hydroxylation is 1. The second-order valence-corrected chi connectivity index (χ2v) is 7.75. The third-order valence-corrected chi connectivity index (χ3v) is 6.22. The molecule has 3 rings (SSSR count). The van der Waals surface area contributed by atoms with Gasteiger partial charge in [-0.15, -0.1) is 11.3 Å². The molecule has 0 spiro atoms. The molecule has 0 saturated carbocycles. The van der Waals surface area contributed by atoms with Crippen LogP contribution in [0.1, 0.15) is 31.6 Å². The second kappa shape index (κ2) is 6.83. The molecule has 0 amide bonds. The fourth-order valence-corrected chi connectivity index (χ4v) is 4.70. The summed E-state index contributed by atoms with van der Waals surface area (Å²) in [4.78, 5) is 11.7. The van der Waals surface area contributed by atoms with Crippen molar-refractivity contribution in [3.05, 3.63) is 10.9 Å². The van der Waals surface area contributed by atoms with E-state index in [0.717, 1.165) is 41.4 Å². The average Bonchev–Trinajstić information content (AvgIpc) is 3.14. The van der Waals surface area contributed by atoms with Crippen LogP contribution >= 0.6 is 23.1 Å². The van der Waals surface area contributed by atoms with Crippen LogP contribution in [0.15, 0.2) is 6.07 Å². The first-order valence-corrected chi connectivity index (χ1v) is 9.56. The Morgan fingerprint density at radius 1 is 1.29 bits per heavy atom. The summed E-state index contributed by atoms with van der Waals surface area (Å²) in [5.41, 5.74) is 0. The zero-order valence-corrected chi connectivity index (χ0v) is 14.2. The number of hydrogen-bond donors (Lipinski definition) is 2. The minimum Gasteiger partial charge on any atom is -0.368 e. The van der Waals surface area contributed by atoms with Gasteiger partial charge in [0.1, 0.15) is 10.6 Å². The Balaban J connectivity index is 1.87. The molecule has 4 nitrogen and oxygen atoms in total. The topological polar surface area (TPSA) is 49.8 Å². The summed E-state index contributed by atoms with van der Waals surface area (Å²) in [6, 6.07) is 2.24. The van der Waals surface area contributed by atoms with Gasteiger partial charge in [0.15, 0.2) is 0 Å². The van der Waals surface area contributed by atoms with Gasteiger partial charge in [0.25, 0.3) is 0 Å². The first-order chi connectivity index (χ1) is 10.3. The summed E-state index contributed by atoms with van der Waals surface area (Å²) in [5.74, 6) is 3.02. The van der Waals surface area contributed by atoms with E-state index >= 15 is 0 Å². The SMILES string of the molecule is CCNc1nc(NCC2CCCS2)c2cc(CC)sc2n1. The van der Waals surface area contributed by atoms with E-state index in [-0.39, 0.29) is 0 Å². The molecule has 2 N–H and O–H groups in total. The average molecular weight is 323 g/mol. The van der Waals surface area contributed by atoms with Crippen LogP contribution in [0.5, 0.6) is 0 Å². The molecule has 1 unspecified atom stereocenters. The van der Waals surface area contributed by atoms with Gasteiger partial charge in [-0.25, -0.2) is 4.98 Å². The van der Waals surface area contributed by atoms with E-state index in [1.807, 2.05) is 0 Å². The molecule has 114 valence electrons. The van der Waals surface area contributed by atoms with Gasteiger partial charge in [-0.1, -0.05) is 6.92 Å². The highest BCUT2D eigenvalue weighted by atomic mass is 32.2. The van der Waals surface area contributed by atoms with Crippen LogP contribution < -0.4 is 10.6 Å². The van der Waals surface area contributed by atoms with Crippen LogP contribution in [0.2, 0.25) is 0 Å². The fourth-order valence-electron chi connectivity index (χ4n) is 2.53. The molecule has 6 heteroatoms. The maximum absolute atomic E-state index is 4.66. The first-order valence-electron chi connectivity index (χ1n) is 7.70. The summed E-state index contributed by atoms with van der Waals surface area (Å²) in [6.07, 6.45) is 3.71. The van der Waals surface area contributed by atoms with Crippen molar-refractivity contribution in [3.63, 3.8) is 0 Å². The quantitative estimate of drug-likeness (QED) is 0.842. The van der Waals surface area contributed by atoms with Crippen molar-refractivity contribution in [2.24, 2.45) is 0 Å². The molecule has 1 saturated heterocycles. The smallest absolute Gasteiger partial charge is 0.226 e. The number of thioether (sulfide) groups is 1. The largest absolute Gasteiger partial charge is 0.368 e. The van der Waals surface area contributed by atoms with Gasteiger partial charge >= 0.3 is 0 Å². The highest BCUT2D eigenvalue weighted by Gasteiger charge is 2.17. The van der Waals surface area contributed by atoms with Crippen LogP contribution in [0.3, 0.4) is 0 Å². The van der Waals surface area contributed by atoms with Crippen molar-refractivity contribution in [1.82, 2.24) is 9.97 Å². The molecule has 2 aromatic heterocycles. The zero-order chi connectivity index (χ0) is 14.7. The van der Waals surface area contributed by atoms with Crippen LogP contribution in [-0.4, -0.2) is 34.1 Å². The third-order valence-electron chi connectivity index (χ3n) is 3.65. The van der Waals surface area contributed by atoms with E-state index in [0.29, 0.717) is 0 Å². The summed E-state index contributed by atoms with van der Waals surface area (Å²) < 4.78 is 0. The molecule has 0 radical (unpaired) electrons. The number of nitrogens with one attached hydrogen (secondary N) is 2. The highest BCUT2D eigenvalue weighted by Crippen LogP contribution is 2.31. The molecular formula is C15H22N4S2. The Morgan fingerprint density at radius 2 is 2.19 bits per heavy atom. The minimum atomic E-state index is 0.724. The molecule has 21 heavy (non-hydrogen) atoms. The molecule has 1 aliphatic rings. The maximum Gasteiger partial charge on any atom is 0.226 e. The van der Waals surface area contributed by atoms with Gasteiger partial charge in [0, 0.05) is 23.2 Å². The zero-order valence-electron chi connectivity index (χ0n) is 12.6. The lowest BCUT2D eigenvalue weighted by molar-refractivity contribution is 0.804. The third kappa shape index (κ3) is 3.43. The van der Waals surface area contributed by atoms with Crippen molar-refractivity contribution >= 4 is 45.1 Å². The highest BCUT2D eigenvalue weighted by molar-refractivity contribution is 8.00. The molecule has 0 aliphatic carbocycles. The normalized spacial score (nSPS) is 18.3. The number of aromatic nitrogens is 2. The van der Waals surface area contributed by atoms with Gasteiger partial charge in [-0.2, -0.15) is 16.7 Å². The lowest BCUT2D eigenvalue weighted by Gasteiger charge is -2.12. The predicted molar refractivity (Wildman–Crippen MR) is 94.9 cm³/mol. The Bertz CT molecular complexity index is 605. The minimum absolute atomic E-state index is 0.724. The van der Waals surface area contributed by atoms with Gasteiger partial charge in [-0.05, 0) is 38.0 Å². The summed E-state index contributed by atoms with van der Waals surface area (Å²) >= 11 is 3.85. The first kappa shape index (κ1) is 14.9. The van der Waals surface area contributed by atoms with Gasteiger partial charge in [0.2, 0.25) is 5.95 Å². The number of hydrogen-bond acceptors (Lipinski definition) is 6. The van der Waals surface area contributed by atoms with Crippen LogP contribution in [0.4, 0.5) is 11.8 Å². The Kier molecular flexibility index (Phi) is 4.85. The van der Waals surface area contributed by atoms with Crippen molar-refractivity contribution in [3.8, 4) is 0 Å². The Morgan fingerprint density at radius 3 is 2.90 bits per heavy atom. The lowest BCUT2D eigenvalue weighted by Crippen LogP contribution is -2.15. The molecule has 0 aromatic carbocycles.